The van der Waals surface area contributed by atoms with Crippen molar-refractivity contribution in [2.45, 2.75) is 13.5 Å². The van der Waals surface area contributed by atoms with Crippen LogP contribution in [-0.2, 0) is 6.54 Å². The summed E-state index contributed by atoms with van der Waals surface area (Å²) in [5, 5.41) is 11.6. The minimum atomic E-state index is -0.552. The molecule has 0 fully saturated rings. The highest BCUT2D eigenvalue weighted by Crippen LogP contribution is 2.24. The molecule has 0 aliphatic rings. The molecule has 0 aliphatic carbocycles. The van der Waals surface area contributed by atoms with Crippen LogP contribution in [0.4, 0.5) is 5.69 Å². The normalized spacial score (nSPS) is 11.5. The van der Waals surface area contributed by atoms with Crippen LogP contribution in [0, 0.1) is 17.0 Å². The van der Waals surface area contributed by atoms with E-state index < -0.39 is 10.8 Å². The Morgan fingerprint density at radius 3 is 2.61 bits per heavy atom. The fourth-order valence-corrected chi connectivity index (χ4v) is 3.18. The highest BCUT2D eigenvalue weighted by Gasteiger charge is 2.18. The summed E-state index contributed by atoms with van der Waals surface area (Å²) in [5.41, 5.74) is 2.98. The first-order chi connectivity index (χ1) is 15.0. The number of carbonyl (C=O) groups excluding carboxylic acids is 1. The van der Waals surface area contributed by atoms with Gasteiger partial charge in [0.05, 0.1) is 11.3 Å². The maximum atomic E-state index is 12.8. The average molecular weight is 413 g/mol. The third-order valence-electron chi connectivity index (χ3n) is 4.81. The highest BCUT2D eigenvalue weighted by atomic mass is 16.6. The molecule has 0 aliphatic heterocycles. The summed E-state index contributed by atoms with van der Waals surface area (Å²) >= 11 is 0. The lowest BCUT2D eigenvalue weighted by Gasteiger charge is -2.08. The quantitative estimate of drug-likeness (QED) is 0.368. The number of aryl methyl sites for hydroxylation is 1. The van der Waals surface area contributed by atoms with Gasteiger partial charge in [-0.3, -0.25) is 14.9 Å². The summed E-state index contributed by atoms with van der Waals surface area (Å²) in [4.78, 5) is 32.0. The number of rotatable bonds is 5. The van der Waals surface area contributed by atoms with Crippen LogP contribution in [0.1, 0.15) is 21.5 Å². The highest BCUT2D eigenvalue weighted by molar-refractivity contribution is 5.96. The second-order valence-corrected chi connectivity index (χ2v) is 7.02. The fraction of sp³-hybridized carbons (Fsp3) is 0.0870. The monoisotopic (exact) mass is 413 g/mol. The largest absolute Gasteiger partial charge is 0.328 e. The van der Waals surface area contributed by atoms with E-state index in [1.54, 1.807) is 18.3 Å². The Kier molecular flexibility index (Phi) is 5.53. The van der Waals surface area contributed by atoms with Gasteiger partial charge in [-0.25, -0.2) is 4.98 Å². The van der Waals surface area contributed by atoms with Gasteiger partial charge in [-0.2, -0.15) is 4.99 Å². The summed E-state index contributed by atoms with van der Waals surface area (Å²) in [6.45, 7) is 2.57. The Bertz CT molecular complexity index is 1310. The maximum absolute atomic E-state index is 12.8. The molecule has 4 aromatic rings. The predicted molar refractivity (Wildman–Crippen MR) is 115 cm³/mol. The molecule has 0 saturated carbocycles. The van der Waals surface area contributed by atoms with Crippen molar-refractivity contribution < 1.29 is 9.72 Å². The molecule has 0 N–H and O–H groups in total. The lowest BCUT2D eigenvalue weighted by atomic mass is 10.1. The molecule has 0 radical (unpaired) electrons. The van der Waals surface area contributed by atoms with Crippen LogP contribution in [0.25, 0.3) is 5.69 Å². The molecule has 0 bridgehead atoms. The van der Waals surface area contributed by atoms with Crippen molar-refractivity contribution in [2.24, 2.45) is 4.99 Å². The van der Waals surface area contributed by atoms with Gasteiger partial charge in [0.2, 0.25) is 0 Å². The Morgan fingerprint density at radius 2 is 1.90 bits per heavy atom. The fourth-order valence-electron chi connectivity index (χ4n) is 3.18. The second kappa shape index (κ2) is 8.58. The van der Waals surface area contributed by atoms with Crippen molar-refractivity contribution >= 4 is 11.6 Å². The molecule has 2 heterocycles. The molecular weight excluding hydrogens is 394 g/mol. The van der Waals surface area contributed by atoms with Crippen LogP contribution < -0.4 is 5.49 Å². The number of hydrogen-bond donors (Lipinski definition) is 0. The summed E-state index contributed by atoms with van der Waals surface area (Å²) in [5.74, 6) is -0.552. The number of aromatic nitrogens is 3. The standard InChI is InChI=1S/C23H19N5O3/c1-17-5-7-18(8-6-17)15-26-12-3-2-4-22(26)25-23(29)19-9-10-20(21(14-19)28(30)31)27-13-11-24-16-27/h2-14,16H,15H2,1H3. The van der Waals surface area contributed by atoms with E-state index in [1.807, 2.05) is 48.0 Å². The van der Waals surface area contributed by atoms with Crippen molar-refractivity contribution in [1.29, 1.82) is 0 Å². The number of carbonyl (C=O) groups is 1. The Balaban J connectivity index is 1.69. The summed E-state index contributed by atoms with van der Waals surface area (Å²) in [6, 6.07) is 17.8. The number of hydrogen-bond acceptors (Lipinski definition) is 4. The zero-order chi connectivity index (χ0) is 21.8. The van der Waals surface area contributed by atoms with E-state index in [1.165, 1.54) is 40.9 Å². The van der Waals surface area contributed by atoms with Crippen molar-refractivity contribution in [3.05, 3.63) is 118 Å². The van der Waals surface area contributed by atoms with E-state index in [0.717, 1.165) is 5.56 Å². The zero-order valence-electron chi connectivity index (χ0n) is 16.8. The Hall–Kier alpha value is -4.33. The molecule has 154 valence electrons. The first kappa shape index (κ1) is 20.0. The Morgan fingerprint density at radius 1 is 1.10 bits per heavy atom. The number of nitrogens with zero attached hydrogens (tertiary/aromatic N) is 5. The summed E-state index contributed by atoms with van der Waals surface area (Å²) in [7, 11) is 0. The van der Waals surface area contributed by atoms with Gasteiger partial charge in [-0.15, -0.1) is 0 Å². The maximum Gasteiger partial charge on any atom is 0.294 e. The van der Waals surface area contributed by atoms with Crippen LogP contribution in [0.5, 0.6) is 0 Å². The smallest absolute Gasteiger partial charge is 0.294 e. The van der Waals surface area contributed by atoms with Crippen LogP contribution in [0.2, 0.25) is 0 Å². The van der Waals surface area contributed by atoms with Gasteiger partial charge in [0, 0.05) is 36.8 Å². The lowest BCUT2D eigenvalue weighted by Crippen LogP contribution is -2.22. The second-order valence-electron chi connectivity index (χ2n) is 7.02. The molecule has 0 atom stereocenters. The van der Waals surface area contributed by atoms with Crippen molar-refractivity contribution in [1.82, 2.24) is 14.1 Å². The third kappa shape index (κ3) is 4.48. The molecule has 2 aromatic heterocycles. The van der Waals surface area contributed by atoms with Gasteiger partial charge >= 0.3 is 0 Å². The van der Waals surface area contributed by atoms with Gasteiger partial charge in [0.15, 0.2) is 0 Å². The first-order valence-electron chi connectivity index (χ1n) is 9.58. The molecule has 0 saturated heterocycles. The third-order valence-corrected chi connectivity index (χ3v) is 4.81. The molecule has 1 amide bonds. The topological polar surface area (TPSA) is 95.3 Å². The molecule has 2 aromatic carbocycles. The van der Waals surface area contributed by atoms with Crippen LogP contribution in [0.15, 0.2) is 90.6 Å². The van der Waals surface area contributed by atoms with Gasteiger partial charge < -0.3 is 9.13 Å². The van der Waals surface area contributed by atoms with Crippen molar-refractivity contribution in [3.8, 4) is 5.69 Å². The summed E-state index contributed by atoms with van der Waals surface area (Å²) in [6.07, 6.45) is 6.44. The Labute approximate surface area is 177 Å². The SMILES string of the molecule is Cc1ccc(Cn2ccccc2=NC(=O)c2ccc(-n3ccnc3)c([N+](=O)[O-])c2)cc1. The van der Waals surface area contributed by atoms with Crippen molar-refractivity contribution in [2.75, 3.05) is 0 Å². The number of benzene rings is 2. The van der Waals surface area contributed by atoms with E-state index in [0.29, 0.717) is 17.7 Å². The first-order valence-corrected chi connectivity index (χ1v) is 9.58. The number of nitro benzene ring substituents is 1. The minimum Gasteiger partial charge on any atom is -0.328 e. The van der Waals surface area contributed by atoms with Crippen LogP contribution in [-0.4, -0.2) is 24.9 Å². The van der Waals surface area contributed by atoms with Crippen molar-refractivity contribution in [3.63, 3.8) is 0 Å². The van der Waals surface area contributed by atoms with Gasteiger partial charge in [-0.1, -0.05) is 35.9 Å². The van der Waals surface area contributed by atoms with Gasteiger partial charge in [-0.05, 0) is 36.8 Å². The predicted octanol–water partition coefficient (Wildman–Crippen LogP) is 3.68. The van der Waals surface area contributed by atoms with E-state index in [-0.39, 0.29) is 11.3 Å². The van der Waals surface area contributed by atoms with E-state index in [2.05, 4.69) is 9.98 Å². The molecule has 8 nitrogen and oxygen atoms in total. The average Bonchev–Trinajstić information content (AvgIpc) is 3.31. The summed E-state index contributed by atoms with van der Waals surface area (Å²) < 4.78 is 3.38. The molecular formula is C23H19N5O3. The van der Waals surface area contributed by atoms with Crippen LogP contribution in [0.3, 0.4) is 0 Å². The van der Waals surface area contributed by atoms with E-state index in [9.17, 15) is 14.9 Å². The van der Waals surface area contributed by atoms with E-state index >= 15 is 0 Å². The zero-order valence-corrected chi connectivity index (χ0v) is 16.8. The minimum absolute atomic E-state index is 0.140. The van der Waals surface area contributed by atoms with Crippen LogP contribution >= 0.6 is 0 Å². The van der Waals surface area contributed by atoms with Gasteiger partial charge in [0.25, 0.3) is 11.6 Å². The molecule has 4 rings (SSSR count). The van der Waals surface area contributed by atoms with Gasteiger partial charge in [0.1, 0.15) is 11.2 Å². The molecule has 31 heavy (non-hydrogen) atoms. The number of nitro groups is 1. The lowest BCUT2D eigenvalue weighted by molar-refractivity contribution is -0.384. The molecule has 0 unspecified atom stereocenters. The number of amides is 1. The number of pyridine rings is 1. The molecule has 8 heteroatoms. The number of imidazole rings is 1. The molecule has 0 spiro atoms. The van der Waals surface area contributed by atoms with E-state index in [4.69, 9.17) is 0 Å².